The van der Waals surface area contributed by atoms with Crippen molar-refractivity contribution in [3.8, 4) is 0 Å². The van der Waals surface area contributed by atoms with E-state index in [4.69, 9.17) is 0 Å². The Morgan fingerprint density at radius 2 is 2.05 bits per heavy atom. The maximum atomic E-state index is 9.41. The predicted octanol–water partition coefficient (Wildman–Crippen LogP) is 2.63. The van der Waals surface area contributed by atoms with Crippen LogP contribution in [0.1, 0.15) is 25.3 Å². The van der Waals surface area contributed by atoms with Gasteiger partial charge in [-0.1, -0.05) is 34.1 Å². The van der Waals surface area contributed by atoms with Gasteiger partial charge in [0.25, 0.3) is 0 Å². The number of rotatable bonds is 6. The van der Waals surface area contributed by atoms with Gasteiger partial charge in [-0.15, -0.1) is 0 Å². The van der Waals surface area contributed by atoms with Crippen LogP contribution in [0.25, 0.3) is 0 Å². The van der Waals surface area contributed by atoms with Gasteiger partial charge in [-0.2, -0.15) is 0 Å². The fourth-order valence-corrected chi connectivity index (χ4v) is 3.22. The monoisotopic (exact) mass is 340 g/mol. The van der Waals surface area contributed by atoms with Crippen LogP contribution in [0, 0.1) is 5.92 Å². The van der Waals surface area contributed by atoms with Gasteiger partial charge in [-0.3, -0.25) is 0 Å². The molecule has 3 nitrogen and oxygen atoms in total. The van der Waals surface area contributed by atoms with Gasteiger partial charge in [0.05, 0.1) is 6.10 Å². The summed E-state index contributed by atoms with van der Waals surface area (Å²) < 4.78 is 1.18. The Hall–Kier alpha value is -0.420. The second kappa shape index (κ2) is 8.13. The molecule has 0 spiro atoms. The van der Waals surface area contributed by atoms with Crippen LogP contribution in [0.2, 0.25) is 0 Å². The zero-order chi connectivity index (χ0) is 14.4. The zero-order valence-electron chi connectivity index (χ0n) is 12.2. The molecule has 1 aromatic rings. The summed E-state index contributed by atoms with van der Waals surface area (Å²) in [5.41, 5.74) is 1.32. The molecule has 1 aliphatic heterocycles. The van der Waals surface area contributed by atoms with Crippen molar-refractivity contribution in [3.05, 3.63) is 34.3 Å². The third-order valence-electron chi connectivity index (χ3n) is 3.94. The summed E-state index contributed by atoms with van der Waals surface area (Å²) in [7, 11) is 0. The average Bonchev–Trinajstić information content (AvgIpc) is 2.42. The number of likely N-dealkylation sites (tertiary alicyclic amines) is 1. The molecule has 1 aliphatic rings. The van der Waals surface area contributed by atoms with Crippen molar-refractivity contribution in [2.24, 2.45) is 5.92 Å². The van der Waals surface area contributed by atoms with Crippen molar-refractivity contribution >= 4 is 15.9 Å². The maximum Gasteiger partial charge on any atom is 0.0639 e. The number of nitrogens with one attached hydrogen (secondary N) is 1. The van der Waals surface area contributed by atoms with Crippen molar-refractivity contribution in [2.75, 3.05) is 26.2 Å². The lowest BCUT2D eigenvalue weighted by Gasteiger charge is -2.32. The SMILES string of the molecule is C[C@@H](O)CN1CCC(CNCc2ccccc2Br)CC1. The molecule has 20 heavy (non-hydrogen) atoms. The third kappa shape index (κ3) is 5.17. The van der Waals surface area contributed by atoms with Crippen molar-refractivity contribution in [3.63, 3.8) is 0 Å². The first-order chi connectivity index (χ1) is 9.65. The average molecular weight is 341 g/mol. The number of aliphatic hydroxyl groups is 1. The number of halogens is 1. The molecule has 0 saturated carbocycles. The molecule has 0 radical (unpaired) electrons. The zero-order valence-corrected chi connectivity index (χ0v) is 13.8. The predicted molar refractivity (Wildman–Crippen MR) is 86.7 cm³/mol. The van der Waals surface area contributed by atoms with Crippen LogP contribution in [0.3, 0.4) is 0 Å². The van der Waals surface area contributed by atoms with E-state index in [9.17, 15) is 5.11 Å². The topological polar surface area (TPSA) is 35.5 Å². The molecule has 0 amide bonds. The normalized spacial score (nSPS) is 19.1. The number of nitrogens with zero attached hydrogens (tertiary/aromatic N) is 1. The Morgan fingerprint density at radius 1 is 1.35 bits per heavy atom. The molecule has 1 aromatic carbocycles. The van der Waals surface area contributed by atoms with E-state index in [0.29, 0.717) is 0 Å². The minimum atomic E-state index is -0.208. The maximum absolute atomic E-state index is 9.41. The number of aliphatic hydroxyl groups excluding tert-OH is 1. The molecular formula is C16H25BrN2O. The number of β-amino-alcohol motifs (C(OH)–C–C–N with tert-alkyl or cyclic N) is 1. The Labute approximate surface area is 130 Å². The molecule has 112 valence electrons. The van der Waals surface area contributed by atoms with Gasteiger partial charge in [0.15, 0.2) is 0 Å². The number of hydrogen-bond acceptors (Lipinski definition) is 3. The molecule has 0 bridgehead atoms. The first-order valence-electron chi connectivity index (χ1n) is 7.49. The van der Waals surface area contributed by atoms with Crippen molar-refractivity contribution < 1.29 is 5.11 Å². The molecule has 1 atom stereocenters. The second-order valence-electron chi connectivity index (χ2n) is 5.82. The lowest BCUT2D eigenvalue weighted by atomic mass is 9.96. The van der Waals surface area contributed by atoms with Gasteiger partial charge in [-0.25, -0.2) is 0 Å². The van der Waals surface area contributed by atoms with E-state index >= 15 is 0 Å². The molecule has 1 saturated heterocycles. The van der Waals surface area contributed by atoms with Crippen LogP contribution in [0.4, 0.5) is 0 Å². The summed E-state index contributed by atoms with van der Waals surface area (Å²) in [6.07, 6.45) is 2.26. The summed E-state index contributed by atoms with van der Waals surface area (Å²) in [4.78, 5) is 2.37. The van der Waals surface area contributed by atoms with Crippen LogP contribution in [-0.4, -0.2) is 42.3 Å². The van der Waals surface area contributed by atoms with Crippen molar-refractivity contribution in [2.45, 2.75) is 32.4 Å². The van der Waals surface area contributed by atoms with Gasteiger partial charge in [0.1, 0.15) is 0 Å². The van der Waals surface area contributed by atoms with Gasteiger partial charge in [0.2, 0.25) is 0 Å². The van der Waals surface area contributed by atoms with Crippen molar-refractivity contribution in [1.29, 1.82) is 0 Å². The van der Waals surface area contributed by atoms with E-state index in [1.807, 2.05) is 13.0 Å². The fraction of sp³-hybridized carbons (Fsp3) is 0.625. The van der Waals surface area contributed by atoms with Gasteiger partial charge >= 0.3 is 0 Å². The van der Waals surface area contributed by atoms with Crippen molar-refractivity contribution in [1.82, 2.24) is 10.2 Å². The van der Waals surface area contributed by atoms with Crippen LogP contribution >= 0.6 is 15.9 Å². The molecule has 0 aromatic heterocycles. The smallest absolute Gasteiger partial charge is 0.0639 e. The molecule has 2 rings (SSSR count). The largest absolute Gasteiger partial charge is 0.392 e. The summed E-state index contributed by atoms with van der Waals surface area (Å²) in [6.45, 7) is 6.93. The molecule has 2 N–H and O–H groups in total. The van der Waals surface area contributed by atoms with Gasteiger partial charge in [0, 0.05) is 17.6 Å². The Balaban J connectivity index is 1.65. The highest BCUT2D eigenvalue weighted by Crippen LogP contribution is 2.18. The van der Waals surface area contributed by atoms with Crippen LogP contribution < -0.4 is 5.32 Å². The van der Waals surface area contributed by atoms with Gasteiger partial charge in [-0.05, 0) is 56.9 Å². The minimum Gasteiger partial charge on any atom is -0.392 e. The summed E-state index contributed by atoms with van der Waals surface area (Å²) in [5.74, 6) is 0.766. The van der Waals surface area contributed by atoms with Crippen LogP contribution in [0.5, 0.6) is 0 Å². The van der Waals surface area contributed by atoms with Gasteiger partial charge < -0.3 is 15.3 Å². The highest BCUT2D eigenvalue weighted by Gasteiger charge is 2.19. The molecule has 0 unspecified atom stereocenters. The highest BCUT2D eigenvalue weighted by molar-refractivity contribution is 9.10. The molecular weight excluding hydrogens is 316 g/mol. The van der Waals surface area contributed by atoms with E-state index in [-0.39, 0.29) is 6.10 Å². The molecule has 4 heteroatoms. The lowest BCUT2D eigenvalue weighted by molar-refractivity contribution is 0.0998. The summed E-state index contributed by atoms with van der Waals surface area (Å²) in [6, 6.07) is 8.37. The first kappa shape index (κ1) is 16.0. The first-order valence-corrected chi connectivity index (χ1v) is 8.29. The third-order valence-corrected chi connectivity index (χ3v) is 4.71. The Kier molecular flexibility index (Phi) is 6.49. The Bertz CT molecular complexity index is 403. The van der Waals surface area contributed by atoms with Crippen LogP contribution in [-0.2, 0) is 6.54 Å². The highest BCUT2D eigenvalue weighted by atomic mass is 79.9. The quantitative estimate of drug-likeness (QED) is 0.835. The van der Waals surface area contributed by atoms with E-state index in [2.05, 4.69) is 44.3 Å². The standard InChI is InChI=1S/C16H25BrN2O/c1-13(20)12-19-8-6-14(7-9-19)10-18-11-15-4-2-3-5-16(15)17/h2-5,13-14,18,20H,6-12H2,1H3/t13-/m1/s1. The number of hydrogen-bond donors (Lipinski definition) is 2. The Morgan fingerprint density at radius 3 is 2.70 bits per heavy atom. The molecule has 1 fully saturated rings. The van der Waals surface area contributed by atoms with E-state index in [1.54, 1.807) is 0 Å². The summed E-state index contributed by atoms with van der Waals surface area (Å²) >= 11 is 3.58. The minimum absolute atomic E-state index is 0.208. The molecule has 1 heterocycles. The van der Waals surface area contributed by atoms with E-state index < -0.39 is 0 Å². The molecule has 0 aliphatic carbocycles. The van der Waals surface area contributed by atoms with E-state index in [1.165, 1.54) is 22.9 Å². The van der Waals surface area contributed by atoms with Crippen LogP contribution in [0.15, 0.2) is 28.7 Å². The van der Waals surface area contributed by atoms with E-state index in [0.717, 1.165) is 38.6 Å². The lowest BCUT2D eigenvalue weighted by Crippen LogP contribution is -2.40. The summed E-state index contributed by atoms with van der Waals surface area (Å²) in [5, 5.41) is 13.0. The fourth-order valence-electron chi connectivity index (χ4n) is 2.80. The number of benzene rings is 1. The number of piperidine rings is 1. The second-order valence-corrected chi connectivity index (χ2v) is 6.67.